The maximum absolute atomic E-state index is 12.4. The molecule has 0 fully saturated rings. The quantitative estimate of drug-likeness (QED) is 0.815. The van der Waals surface area contributed by atoms with E-state index in [9.17, 15) is 9.59 Å². The standard InChI is InChI=1S/C19H22N2O4S/c1-3-8-20-18(22)12(2)21-19(23)17-7-6-16(26-17)13-4-5-14-15(11-13)25-10-9-24-14/h4-7,11-12H,3,8-10H2,1-2H3,(H,20,22)(H,21,23)/t12-/m1/s1. The van der Waals surface area contributed by atoms with E-state index in [2.05, 4.69) is 10.6 Å². The number of benzene rings is 1. The Morgan fingerprint density at radius 2 is 1.92 bits per heavy atom. The Hall–Kier alpha value is -2.54. The first-order valence-electron chi connectivity index (χ1n) is 8.67. The van der Waals surface area contributed by atoms with Gasteiger partial charge in [-0.05, 0) is 49.2 Å². The van der Waals surface area contributed by atoms with Gasteiger partial charge in [-0.2, -0.15) is 0 Å². The number of carbonyl (C=O) groups is 2. The van der Waals surface area contributed by atoms with Crippen LogP contribution in [0, 0.1) is 0 Å². The molecular weight excluding hydrogens is 352 g/mol. The molecule has 0 saturated heterocycles. The Morgan fingerprint density at radius 1 is 1.15 bits per heavy atom. The third kappa shape index (κ3) is 4.16. The summed E-state index contributed by atoms with van der Waals surface area (Å²) in [5, 5.41) is 5.51. The smallest absolute Gasteiger partial charge is 0.262 e. The number of carbonyl (C=O) groups excluding carboxylic acids is 2. The summed E-state index contributed by atoms with van der Waals surface area (Å²) in [6.07, 6.45) is 0.857. The van der Waals surface area contributed by atoms with Crippen molar-refractivity contribution >= 4 is 23.2 Å². The summed E-state index contributed by atoms with van der Waals surface area (Å²) in [4.78, 5) is 25.8. The molecule has 0 aliphatic carbocycles. The summed E-state index contributed by atoms with van der Waals surface area (Å²) in [7, 11) is 0. The summed E-state index contributed by atoms with van der Waals surface area (Å²) >= 11 is 1.38. The second-order valence-electron chi connectivity index (χ2n) is 6.01. The van der Waals surface area contributed by atoms with Crippen molar-refractivity contribution in [2.24, 2.45) is 0 Å². The average molecular weight is 374 g/mol. The predicted octanol–water partition coefficient (Wildman–Crippen LogP) is 2.83. The molecule has 0 saturated carbocycles. The molecule has 2 amide bonds. The predicted molar refractivity (Wildman–Crippen MR) is 101 cm³/mol. The van der Waals surface area contributed by atoms with Crippen LogP contribution in [0.4, 0.5) is 0 Å². The van der Waals surface area contributed by atoms with E-state index in [-0.39, 0.29) is 11.8 Å². The number of hydrogen-bond donors (Lipinski definition) is 2. The number of rotatable bonds is 6. The van der Waals surface area contributed by atoms with Crippen LogP contribution in [-0.2, 0) is 4.79 Å². The lowest BCUT2D eigenvalue weighted by Gasteiger charge is -2.18. The van der Waals surface area contributed by atoms with Crippen molar-refractivity contribution in [3.63, 3.8) is 0 Å². The normalized spacial score (nSPS) is 13.8. The van der Waals surface area contributed by atoms with E-state index in [4.69, 9.17) is 9.47 Å². The van der Waals surface area contributed by atoms with Crippen molar-refractivity contribution < 1.29 is 19.1 Å². The van der Waals surface area contributed by atoms with E-state index in [0.717, 1.165) is 28.4 Å². The molecule has 1 aliphatic rings. The van der Waals surface area contributed by atoms with E-state index in [1.165, 1.54) is 11.3 Å². The first kappa shape index (κ1) is 18.3. The highest BCUT2D eigenvalue weighted by Crippen LogP contribution is 2.36. The van der Waals surface area contributed by atoms with Crippen LogP contribution in [0.5, 0.6) is 11.5 Å². The Balaban J connectivity index is 1.67. The average Bonchev–Trinajstić information content (AvgIpc) is 3.16. The summed E-state index contributed by atoms with van der Waals surface area (Å²) in [6.45, 7) is 5.35. The van der Waals surface area contributed by atoms with Gasteiger partial charge in [0.25, 0.3) is 5.91 Å². The third-order valence-corrected chi connectivity index (χ3v) is 5.08. The van der Waals surface area contributed by atoms with Crippen molar-refractivity contribution in [1.29, 1.82) is 0 Å². The van der Waals surface area contributed by atoms with Gasteiger partial charge in [0, 0.05) is 11.4 Å². The second kappa shape index (κ2) is 8.23. The Bertz CT molecular complexity index is 803. The minimum atomic E-state index is -0.575. The van der Waals surface area contributed by atoms with E-state index < -0.39 is 6.04 Å². The van der Waals surface area contributed by atoms with Crippen molar-refractivity contribution in [1.82, 2.24) is 10.6 Å². The molecule has 0 unspecified atom stereocenters. The van der Waals surface area contributed by atoms with Gasteiger partial charge in [0.2, 0.25) is 5.91 Å². The molecule has 1 atom stereocenters. The molecule has 0 radical (unpaired) electrons. The monoisotopic (exact) mass is 374 g/mol. The van der Waals surface area contributed by atoms with Crippen molar-refractivity contribution in [2.45, 2.75) is 26.3 Å². The van der Waals surface area contributed by atoms with Crippen LogP contribution in [0.1, 0.15) is 29.9 Å². The molecule has 26 heavy (non-hydrogen) atoms. The van der Waals surface area contributed by atoms with Crippen molar-refractivity contribution in [2.75, 3.05) is 19.8 Å². The number of ether oxygens (including phenoxy) is 2. The van der Waals surface area contributed by atoms with Crippen molar-refractivity contribution in [3.8, 4) is 21.9 Å². The zero-order valence-electron chi connectivity index (χ0n) is 14.8. The molecule has 0 bridgehead atoms. The third-order valence-electron chi connectivity index (χ3n) is 3.95. The van der Waals surface area contributed by atoms with Crippen LogP contribution in [0.25, 0.3) is 10.4 Å². The molecule has 6 nitrogen and oxygen atoms in total. The molecular formula is C19H22N2O4S. The van der Waals surface area contributed by atoms with Gasteiger partial charge >= 0.3 is 0 Å². The SMILES string of the molecule is CCCNC(=O)[C@@H](C)NC(=O)c1ccc(-c2ccc3c(c2)OCCO3)s1. The highest BCUT2D eigenvalue weighted by molar-refractivity contribution is 7.17. The summed E-state index contributed by atoms with van der Waals surface area (Å²) in [5.41, 5.74) is 0.965. The van der Waals surface area contributed by atoms with Crippen LogP contribution < -0.4 is 20.1 Å². The zero-order chi connectivity index (χ0) is 18.5. The van der Waals surface area contributed by atoms with Crippen molar-refractivity contribution in [3.05, 3.63) is 35.2 Å². The molecule has 1 aromatic carbocycles. The molecule has 1 aromatic heterocycles. The molecule has 7 heteroatoms. The van der Waals surface area contributed by atoms with Gasteiger partial charge in [-0.15, -0.1) is 11.3 Å². The Labute approximate surface area is 156 Å². The highest BCUT2D eigenvalue weighted by atomic mass is 32.1. The lowest BCUT2D eigenvalue weighted by atomic mass is 10.1. The molecule has 2 N–H and O–H groups in total. The highest BCUT2D eigenvalue weighted by Gasteiger charge is 2.18. The van der Waals surface area contributed by atoms with Gasteiger partial charge in [0.15, 0.2) is 11.5 Å². The van der Waals surface area contributed by atoms with E-state index >= 15 is 0 Å². The van der Waals surface area contributed by atoms with Crippen LogP contribution in [0.2, 0.25) is 0 Å². The zero-order valence-corrected chi connectivity index (χ0v) is 15.7. The number of hydrogen-bond acceptors (Lipinski definition) is 5. The maximum atomic E-state index is 12.4. The Morgan fingerprint density at radius 3 is 2.69 bits per heavy atom. The fraction of sp³-hybridized carbons (Fsp3) is 0.368. The first-order valence-corrected chi connectivity index (χ1v) is 9.48. The van der Waals surface area contributed by atoms with Gasteiger partial charge in [-0.25, -0.2) is 0 Å². The minimum absolute atomic E-state index is 0.177. The van der Waals surface area contributed by atoms with Gasteiger partial charge in [0.1, 0.15) is 19.3 Å². The molecule has 0 spiro atoms. The summed E-state index contributed by atoms with van der Waals surface area (Å²) < 4.78 is 11.1. The van der Waals surface area contributed by atoms with Crippen LogP contribution in [0.3, 0.4) is 0 Å². The number of thiophene rings is 1. The molecule has 2 aromatic rings. The van der Waals surface area contributed by atoms with Gasteiger partial charge < -0.3 is 20.1 Å². The van der Waals surface area contributed by atoms with Crippen LogP contribution >= 0.6 is 11.3 Å². The fourth-order valence-corrected chi connectivity index (χ4v) is 3.45. The lowest BCUT2D eigenvalue weighted by molar-refractivity contribution is -0.122. The van der Waals surface area contributed by atoms with E-state index in [1.54, 1.807) is 13.0 Å². The van der Waals surface area contributed by atoms with Crippen LogP contribution in [-0.4, -0.2) is 37.6 Å². The molecule has 1 aliphatic heterocycles. The Kier molecular flexibility index (Phi) is 5.78. The van der Waals surface area contributed by atoms with Gasteiger partial charge in [-0.3, -0.25) is 9.59 Å². The van der Waals surface area contributed by atoms with Gasteiger partial charge in [-0.1, -0.05) is 6.92 Å². The van der Waals surface area contributed by atoms with Crippen LogP contribution in [0.15, 0.2) is 30.3 Å². The first-order chi connectivity index (χ1) is 12.6. The largest absolute Gasteiger partial charge is 0.486 e. The lowest BCUT2D eigenvalue weighted by Crippen LogP contribution is -2.44. The van der Waals surface area contributed by atoms with E-state index in [0.29, 0.717) is 24.6 Å². The second-order valence-corrected chi connectivity index (χ2v) is 7.09. The number of amides is 2. The van der Waals surface area contributed by atoms with Gasteiger partial charge in [0.05, 0.1) is 4.88 Å². The minimum Gasteiger partial charge on any atom is -0.486 e. The maximum Gasteiger partial charge on any atom is 0.262 e. The fourth-order valence-electron chi connectivity index (χ4n) is 2.55. The summed E-state index contributed by atoms with van der Waals surface area (Å²) in [6, 6.07) is 8.83. The summed E-state index contributed by atoms with van der Waals surface area (Å²) in [5.74, 6) is 1.03. The topological polar surface area (TPSA) is 76.7 Å². The molecule has 2 heterocycles. The number of fused-ring (bicyclic) bond motifs is 1. The number of nitrogens with one attached hydrogen (secondary N) is 2. The molecule has 138 valence electrons. The molecule has 3 rings (SSSR count). The van der Waals surface area contributed by atoms with E-state index in [1.807, 2.05) is 31.2 Å².